The van der Waals surface area contributed by atoms with Gasteiger partial charge in [-0.05, 0) is 43.4 Å². The van der Waals surface area contributed by atoms with Crippen molar-refractivity contribution < 1.29 is 13.9 Å². The molecule has 1 saturated heterocycles. The summed E-state index contributed by atoms with van der Waals surface area (Å²) in [5.41, 5.74) is 1.82. The summed E-state index contributed by atoms with van der Waals surface area (Å²) in [6, 6.07) is 6.68. The van der Waals surface area contributed by atoms with Crippen LogP contribution in [0, 0.1) is 5.82 Å². The molecule has 6 heteroatoms. The molecule has 4 rings (SSSR count). The third kappa shape index (κ3) is 4.97. The monoisotopic (exact) mass is 402 g/mol. The summed E-state index contributed by atoms with van der Waals surface area (Å²) < 4.78 is 19.1. The fourth-order valence-electron chi connectivity index (χ4n) is 4.43. The second-order valence-corrected chi connectivity index (χ2v) is 9.00. The van der Waals surface area contributed by atoms with Crippen LogP contribution in [0.2, 0.25) is 0 Å². The zero-order chi connectivity index (χ0) is 19.4. The van der Waals surface area contributed by atoms with Crippen LogP contribution >= 0.6 is 11.3 Å². The van der Waals surface area contributed by atoms with Crippen LogP contribution in [-0.4, -0.2) is 29.1 Å². The highest BCUT2D eigenvalue weighted by Crippen LogP contribution is 2.38. The molecule has 150 valence electrons. The molecule has 1 atom stereocenters. The molecule has 2 heterocycles. The lowest BCUT2D eigenvalue weighted by Crippen LogP contribution is -2.49. The van der Waals surface area contributed by atoms with Crippen molar-refractivity contribution in [3.8, 4) is 0 Å². The second kappa shape index (κ2) is 8.70. The van der Waals surface area contributed by atoms with Crippen LogP contribution in [0.4, 0.5) is 4.39 Å². The maximum absolute atomic E-state index is 13.0. The van der Waals surface area contributed by atoms with E-state index in [4.69, 9.17) is 4.74 Å². The van der Waals surface area contributed by atoms with Gasteiger partial charge in [0.2, 0.25) is 5.91 Å². The molecule has 1 aromatic carbocycles. The van der Waals surface area contributed by atoms with Gasteiger partial charge in [0, 0.05) is 24.4 Å². The van der Waals surface area contributed by atoms with E-state index in [-0.39, 0.29) is 23.4 Å². The Balaban J connectivity index is 1.29. The standard InChI is InChI=1S/C22H27FN2O2S/c23-17-6-4-16(5-7-17)12-21-25-19(15-28-21)13-20(26)24-18-8-11-27-22(14-18)9-2-1-3-10-22/h4-7,15,18H,1-3,8-14H2,(H,24,26). The Morgan fingerprint density at radius 2 is 2.04 bits per heavy atom. The number of halogens is 1. The molecule has 1 unspecified atom stereocenters. The average molecular weight is 403 g/mol. The molecule has 1 spiro atoms. The normalized spacial score (nSPS) is 21.5. The van der Waals surface area contributed by atoms with Crippen molar-refractivity contribution >= 4 is 17.2 Å². The zero-order valence-corrected chi connectivity index (χ0v) is 16.9. The molecule has 0 bridgehead atoms. The predicted molar refractivity (Wildman–Crippen MR) is 108 cm³/mol. The molecule has 2 aliphatic rings. The number of rotatable bonds is 5. The molecule has 2 fully saturated rings. The number of nitrogens with zero attached hydrogens (tertiary/aromatic N) is 1. The van der Waals surface area contributed by atoms with Crippen molar-refractivity contribution in [1.29, 1.82) is 0 Å². The van der Waals surface area contributed by atoms with E-state index in [1.165, 1.54) is 31.4 Å². The summed E-state index contributed by atoms with van der Waals surface area (Å²) in [5, 5.41) is 6.10. The number of thiazole rings is 1. The number of amides is 1. The minimum Gasteiger partial charge on any atom is -0.375 e. The Morgan fingerprint density at radius 1 is 1.25 bits per heavy atom. The summed E-state index contributed by atoms with van der Waals surface area (Å²) >= 11 is 1.55. The van der Waals surface area contributed by atoms with Gasteiger partial charge in [-0.25, -0.2) is 9.37 Å². The van der Waals surface area contributed by atoms with Gasteiger partial charge in [-0.3, -0.25) is 4.79 Å². The summed E-state index contributed by atoms with van der Waals surface area (Å²) in [6.45, 7) is 0.740. The number of hydrogen-bond acceptors (Lipinski definition) is 4. The van der Waals surface area contributed by atoms with Crippen molar-refractivity contribution in [2.45, 2.75) is 69.4 Å². The Labute approximate surface area is 169 Å². The van der Waals surface area contributed by atoms with Crippen molar-refractivity contribution in [2.24, 2.45) is 0 Å². The smallest absolute Gasteiger partial charge is 0.226 e. The maximum atomic E-state index is 13.0. The van der Waals surface area contributed by atoms with Gasteiger partial charge < -0.3 is 10.1 Å². The van der Waals surface area contributed by atoms with Crippen molar-refractivity contribution in [3.63, 3.8) is 0 Å². The molecule has 1 saturated carbocycles. The summed E-state index contributed by atoms with van der Waals surface area (Å²) in [4.78, 5) is 17.1. The highest BCUT2D eigenvalue weighted by Gasteiger charge is 2.38. The van der Waals surface area contributed by atoms with E-state index >= 15 is 0 Å². The molecule has 0 radical (unpaired) electrons. The van der Waals surface area contributed by atoms with Gasteiger partial charge >= 0.3 is 0 Å². The molecule has 28 heavy (non-hydrogen) atoms. The van der Waals surface area contributed by atoms with Crippen LogP contribution in [0.5, 0.6) is 0 Å². The van der Waals surface area contributed by atoms with Gasteiger partial charge in [-0.15, -0.1) is 11.3 Å². The number of nitrogens with one attached hydrogen (secondary N) is 1. The van der Waals surface area contributed by atoms with E-state index < -0.39 is 0 Å². The average Bonchev–Trinajstić information content (AvgIpc) is 3.11. The third-order valence-electron chi connectivity index (χ3n) is 5.83. The van der Waals surface area contributed by atoms with Gasteiger partial charge in [-0.1, -0.05) is 31.4 Å². The van der Waals surface area contributed by atoms with E-state index in [0.717, 1.165) is 48.6 Å². The molecular formula is C22H27FN2O2S. The van der Waals surface area contributed by atoms with Crippen LogP contribution in [0.1, 0.15) is 61.2 Å². The van der Waals surface area contributed by atoms with E-state index in [1.807, 2.05) is 5.38 Å². The highest BCUT2D eigenvalue weighted by molar-refractivity contribution is 7.09. The largest absolute Gasteiger partial charge is 0.375 e. The third-order valence-corrected chi connectivity index (χ3v) is 6.73. The molecular weight excluding hydrogens is 375 g/mol. The number of ether oxygens (including phenoxy) is 1. The van der Waals surface area contributed by atoms with Crippen molar-refractivity contribution in [2.75, 3.05) is 6.61 Å². The molecule has 1 aliphatic carbocycles. The maximum Gasteiger partial charge on any atom is 0.226 e. The van der Waals surface area contributed by atoms with Crippen LogP contribution < -0.4 is 5.32 Å². The SMILES string of the molecule is O=C(Cc1csc(Cc2ccc(F)cc2)n1)NC1CCOC2(CCCCC2)C1. The van der Waals surface area contributed by atoms with Crippen molar-refractivity contribution in [1.82, 2.24) is 10.3 Å². The van der Waals surface area contributed by atoms with Crippen LogP contribution in [0.3, 0.4) is 0 Å². The number of hydrogen-bond donors (Lipinski definition) is 1. The topological polar surface area (TPSA) is 51.2 Å². The fourth-order valence-corrected chi connectivity index (χ4v) is 5.25. The number of aromatic nitrogens is 1. The molecule has 2 aromatic rings. The Kier molecular flexibility index (Phi) is 6.07. The highest BCUT2D eigenvalue weighted by atomic mass is 32.1. The van der Waals surface area contributed by atoms with E-state index in [2.05, 4.69) is 10.3 Å². The minimum absolute atomic E-state index is 0.00257. The zero-order valence-electron chi connectivity index (χ0n) is 16.1. The van der Waals surface area contributed by atoms with Gasteiger partial charge in [0.05, 0.1) is 22.7 Å². The first-order chi connectivity index (χ1) is 13.6. The number of carbonyl (C=O) groups is 1. The van der Waals surface area contributed by atoms with Gasteiger partial charge in [0.15, 0.2) is 0 Å². The molecule has 1 amide bonds. The van der Waals surface area contributed by atoms with Gasteiger partial charge in [-0.2, -0.15) is 0 Å². The van der Waals surface area contributed by atoms with Gasteiger partial charge in [0.25, 0.3) is 0 Å². The van der Waals surface area contributed by atoms with E-state index in [0.29, 0.717) is 12.8 Å². The van der Waals surface area contributed by atoms with Crippen LogP contribution in [0.25, 0.3) is 0 Å². The Hall–Kier alpha value is -1.79. The van der Waals surface area contributed by atoms with E-state index in [1.54, 1.807) is 23.5 Å². The molecule has 4 nitrogen and oxygen atoms in total. The summed E-state index contributed by atoms with van der Waals surface area (Å²) in [7, 11) is 0. The van der Waals surface area contributed by atoms with Crippen molar-refractivity contribution in [3.05, 3.63) is 51.7 Å². The summed E-state index contributed by atoms with van der Waals surface area (Å²) in [5.74, 6) is -0.195. The first-order valence-corrected chi connectivity index (χ1v) is 11.1. The second-order valence-electron chi connectivity index (χ2n) is 8.06. The van der Waals surface area contributed by atoms with E-state index in [9.17, 15) is 9.18 Å². The Bertz CT molecular complexity index is 794. The minimum atomic E-state index is -0.233. The summed E-state index contributed by atoms with van der Waals surface area (Å²) in [6.07, 6.45) is 8.81. The number of benzene rings is 1. The molecule has 1 N–H and O–H groups in total. The van der Waals surface area contributed by atoms with Crippen LogP contribution in [-0.2, 0) is 22.4 Å². The quantitative estimate of drug-likeness (QED) is 0.806. The Morgan fingerprint density at radius 3 is 2.82 bits per heavy atom. The van der Waals surface area contributed by atoms with Gasteiger partial charge in [0.1, 0.15) is 5.82 Å². The lowest BCUT2D eigenvalue weighted by Gasteiger charge is -2.43. The molecule has 1 aliphatic heterocycles. The first kappa shape index (κ1) is 19.5. The first-order valence-electron chi connectivity index (χ1n) is 10.2. The molecule has 1 aromatic heterocycles. The predicted octanol–water partition coefficient (Wildman–Crippen LogP) is 4.41. The fraction of sp³-hybridized carbons (Fsp3) is 0.545. The number of carbonyl (C=O) groups excluding carboxylic acids is 1. The van der Waals surface area contributed by atoms with Crippen LogP contribution in [0.15, 0.2) is 29.6 Å². The lowest BCUT2D eigenvalue weighted by atomic mass is 9.78. The lowest BCUT2D eigenvalue weighted by molar-refractivity contribution is -0.128.